The molecule has 0 bridgehead atoms. The standard InChI is InChI=1S/C13H14N2O.C13H13NO.C3H9O.BF4/c1-16-13-8-12(6-7-15-13)11-4-2-10(9-14)3-5-11;14-9-10-4-6-11(7-5-10)12-2-1-3-13(15)8-12;1-4(2)3;2-1(3,4)5/h2-5,12H,6-8H2,1H3;4-7,12H,1-3,8H2;1-3H3;/q;;+1;-1. The number of Topliss-reactive ketones (excluding diaryl/α,β-unsaturated/α-hetero) is 1. The van der Waals surface area contributed by atoms with E-state index in [9.17, 15) is 22.1 Å². The Morgan fingerprint density at radius 3 is 1.65 bits per heavy atom. The lowest BCUT2D eigenvalue weighted by molar-refractivity contribution is -0.120. The van der Waals surface area contributed by atoms with Crippen LogP contribution in [0.15, 0.2) is 53.5 Å². The van der Waals surface area contributed by atoms with E-state index in [2.05, 4.69) is 21.5 Å². The van der Waals surface area contributed by atoms with Gasteiger partial charge in [0.25, 0.3) is 0 Å². The molecule has 0 spiro atoms. The average molecular weight is 561 g/mol. The van der Waals surface area contributed by atoms with Gasteiger partial charge >= 0.3 is 7.25 Å². The first-order valence-electron chi connectivity index (χ1n) is 12.8. The predicted molar refractivity (Wildman–Crippen MR) is 149 cm³/mol. The van der Waals surface area contributed by atoms with Crippen molar-refractivity contribution in [1.82, 2.24) is 0 Å². The molecule has 1 saturated carbocycles. The zero-order valence-electron chi connectivity index (χ0n) is 23.4. The number of methoxy groups -OCH3 is 1. The van der Waals surface area contributed by atoms with Gasteiger partial charge in [-0.15, -0.1) is 0 Å². The summed E-state index contributed by atoms with van der Waals surface area (Å²) in [6.45, 7) is 0.827. The Bertz CT molecular complexity index is 1150. The van der Waals surface area contributed by atoms with E-state index < -0.39 is 7.25 Å². The average Bonchev–Trinajstić information content (AvgIpc) is 2.92. The molecule has 1 heterocycles. The van der Waals surface area contributed by atoms with Crippen molar-refractivity contribution in [2.45, 2.75) is 50.4 Å². The number of hydrogen-bond acceptors (Lipinski definition) is 5. The SMILES string of the molecule is COC1=NCCC(c2ccc(C#N)cc2)C1.C[O+](C)C.F[B-](F)(F)F.N#Cc1ccc(C2CCCC(=O)C2)cc1. The maximum atomic E-state index is 11.3. The largest absolute Gasteiger partial charge is 0.673 e. The number of benzene rings is 2. The van der Waals surface area contributed by atoms with Crippen molar-refractivity contribution in [2.24, 2.45) is 4.99 Å². The Labute approximate surface area is 234 Å². The highest BCUT2D eigenvalue weighted by Crippen LogP contribution is 2.31. The van der Waals surface area contributed by atoms with Gasteiger partial charge in [-0.05, 0) is 66.5 Å². The van der Waals surface area contributed by atoms with Crippen molar-refractivity contribution in [1.29, 1.82) is 10.5 Å². The first-order chi connectivity index (χ1) is 18.9. The number of carbonyl (C=O) groups excluding carboxylic acids is 1. The van der Waals surface area contributed by atoms with Crippen molar-refractivity contribution < 1.29 is 31.2 Å². The van der Waals surface area contributed by atoms with Crippen LogP contribution in [-0.2, 0) is 13.9 Å². The summed E-state index contributed by atoms with van der Waals surface area (Å²) in [7, 11) is 1.42. The van der Waals surface area contributed by atoms with E-state index in [0.29, 0.717) is 35.2 Å². The fourth-order valence-electron chi connectivity index (χ4n) is 4.12. The second kappa shape index (κ2) is 17.8. The van der Waals surface area contributed by atoms with Crippen LogP contribution in [0.3, 0.4) is 0 Å². The second-order valence-corrected chi connectivity index (χ2v) is 9.69. The van der Waals surface area contributed by atoms with Gasteiger partial charge in [0.1, 0.15) is 27.1 Å². The maximum Gasteiger partial charge on any atom is 0.673 e. The van der Waals surface area contributed by atoms with Crippen molar-refractivity contribution >= 4 is 18.9 Å². The molecule has 2 aliphatic rings. The van der Waals surface area contributed by atoms with E-state index in [1.54, 1.807) is 7.11 Å². The molecule has 40 heavy (non-hydrogen) atoms. The highest BCUT2D eigenvalue weighted by Gasteiger charge is 2.21. The normalized spacial score (nSPS) is 18.2. The van der Waals surface area contributed by atoms with Crippen LogP contribution in [0.4, 0.5) is 17.3 Å². The topological polar surface area (TPSA) is 88.9 Å². The molecule has 216 valence electrons. The fraction of sp³-hybridized carbons (Fsp3) is 0.448. The minimum atomic E-state index is -6.00. The highest BCUT2D eigenvalue weighted by molar-refractivity contribution is 6.50. The van der Waals surface area contributed by atoms with Crippen LogP contribution in [0.25, 0.3) is 0 Å². The summed E-state index contributed by atoms with van der Waals surface area (Å²) >= 11 is 0. The van der Waals surface area contributed by atoms with Crippen LogP contribution < -0.4 is 0 Å². The number of rotatable bonds is 2. The number of carbonyl (C=O) groups is 1. The van der Waals surface area contributed by atoms with E-state index in [-0.39, 0.29) is 0 Å². The van der Waals surface area contributed by atoms with E-state index in [1.807, 2.05) is 69.9 Å². The molecule has 6 nitrogen and oxygen atoms in total. The third-order valence-corrected chi connectivity index (χ3v) is 5.93. The number of nitrogens with zero attached hydrogens (tertiary/aromatic N) is 3. The summed E-state index contributed by atoms with van der Waals surface area (Å²) in [5.41, 5.74) is 3.85. The zero-order valence-corrected chi connectivity index (χ0v) is 23.4. The molecule has 2 atom stereocenters. The summed E-state index contributed by atoms with van der Waals surface area (Å²) in [4.78, 5) is 15.6. The van der Waals surface area contributed by atoms with E-state index in [0.717, 1.165) is 44.5 Å². The van der Waals surface area contributed by atoms with Crippen molar-refractivity contribution in [3.63, 3.8) is 0 Å². The molecule has 1 fully saturated rings. The number of aliphatic imine (C=N–C) groups is 1. The molecule has 1 aliphatic heterocycles. The molecule has 0 radical (unpaired) electrons. The fourth-order valence-corrected chi connectivity index (χ4v) is 4.12. The lowest BCUT2D eigenvalue weighted by atomic mass is 9.83. The van der Waals surface area contributed by atoms with Gasteiger partial charge in [-0.3, -0.25) is 9.79 Å². The number of hydrogen-bond donors (Lipinski definition) is 0. The van der Waals surface area contributed by atoms with Gasteiger partial charge in [-0.1, -0.05) is 24.3 Å². The molecule has 4 rings (SSSR count). The molecule has 11 heteroatoms. The van der Waals surface area contributed by atoms with E-state index in [4.69, 9.17) is 15.3 Å². The lowest BCUT2D eigenvalue weighted by Crippen LogP contribution is -2.16. The molecule has 2 aromatic rings. The first-order valence-corrected chi connectivity index (χ1v) is 12.8. The van der Waals surface area contributed by atoms with Gasteiger partial charge in [-0.2, -0.15) is 10.5 Å². The van der Waals surface area contributed by atoms with Crippen LogP contribution in [0.2, 0.25) is 0 Å². The number of halogens is 4. The maximum absolute atomic E-state index is 11.3. The Morgan fingerprint density at radius 2 is 1.27 bits per heavy atom. The molecule has 0 amide bonds. The van der Waals surface area contributed by atoms with E-state index >= 15 is 0 Å². The molecule has 2 unspecified atom stereocenters. The summed E-state index contributed by atoms with van der Waals surface area (Å²) in [5.74, 6) is 2.05. The monoisotopic (exact) mass is 561 g/mol. The van der Waals surface area contributed by atoms with Crippen molar-refractivity contribution in [3.05, 3.63) is 70.8 Å². The molecule has 2 aromatic carbocycles. The summed E-state index contributed by atoms with van der Waals surface area (Å²) in [5, 5.41) is 17.4. The third-order valence-electron chi connectivity index (χ3n) is 5.93. The van der Waals surface area contributed by atoms with Crippen LogP contribution in [0, 0.1) is 22.7 Å². The summed E-state index contributed by atoms with van der Waals surface area (Å²) < 4.78 is 46.8. The van der Waals surface area contributed by atoms with Gasteiger partial charge in [0.05, 0.1) is 30.4 Å². The van der Waals surface area contributed by atoms with Gasteiger partial charge in [0.15, 0.2) is 5.90 Å². The Balaban J connectivity index is 0.000000309. The van der Waals surface area contributed by atoms with Crippen LogP contribution >= 0.6 is 0 Å². The lowest BCUT2D eigenvalue weighted by Gasteiger charge is -2.21. The van der Waals surface area contributed by atoms with Crippen molar-refractivity contribution in [2.75, 3.05) is 35.0 Å². The predicted octanol–water partition coefficient (Wildman–Crippen LogP) is 6.99. The molecular formula is C29H36BF4N3O3. The third kappa shape index (κ3) is 15.0. The number of ether oxygens (including phenoxy) is 1. The molecule has 0 N–H and O–H groups in total. The zero-order chi connectivity index (χ0) is 30.1. The molecule has 1 aliphatic carbocycles. The van der Waals surface area contributed by atoms with Gasteiger partial charge < -0.3 is 26.4 Å². The van der Waals surface area contributed by atoms with Crippen LogP contribution in [-0.4, -0.2) is 53.9 Å². The summed E-state index contributed by atoms with van der Waals surface area (Å²) in [6, 6.07) is 19.6. The quantitative estimate of drug-likeness (QED) is 0.225. The molecular weight excluding hydrogens is 525 g/mol. The van der Waals surface area contributed by atoms with Gasteiger partial charge in [0.2, 0.25) is 0 Å². The van der Waals surface area contributed by atoms with Crippen LogP contribution in [0.5, 0.6) is 0 Å². The molecule has 0 saturated heterocycles. The smallest absolute Gasteiger partial charge is 0.484 e. The Morgan fingerprint density at radius 1 is 0.850 bits per heavy atom. The second-order valence-electron chi connectivity index (χ2n) is 9.69. The molecule has 0 aromatic heterocycles. The Hall–Kier alpha value is -3.70. The summed E-state index contributed by atoms with van der Waals surface area (Å²) in [6.07, 6.45) is 5.43. The number of nitriles is 2. The van der Waals surface area contributed by atoms with E-state index in [1.165, 1.54) is 11.1 Å². The minimum absolute atomic E-state index is 0.371. The number of ketones is 1. The first kappa shape index (κ1) is 34.3. The van der Waals surface area contributed by atoms with Gasteiger partial charge in [0, 0.05) is 25.8 Å². The van der Waals surface area contributed by atoms with Gasteiger partial charge in [-0.25, -0.2) is 0 Å². The minimum Gasteiger partial charge on any atom is -0.484 e. The Kier molecular flexibility index (Phi) is 15.3. The highest BCUT2D eigenvalue weighted by atomic mass is 19.5. The van der Waals surface area contributed by atoms with Crippen LogP contribution in [0.1, 0.15) is 72.6 Å². The van der Waals surface area contributed by atoms with Crippen molar-refractivity contribution in [3.8, 4) is 12.1 Å².